The van der Waals surface area contributed by atoms with E-state index in [4.69, 9.17) is 23.2 Å². The molecular weight excluding hydrogens is 219 g/mol. The summed E-state index contributed by atoms with van der Waals surface area (Å²) in [5.74, 6) is 0.375. The molecule has 1 fully saturated rings. The largest absolute Gasteiger partial charge is 0.317 e. The summed E-state index contributed by atoms with van der Waals surface area (Å²) in [5.41, 5.74) is 0.737. The lowest BCUT2D eigenvalue weighted by atomic mass is 10.4. The maximum atomic E-state index is 5.68. The van der Waals surface area contributed by atoms with Gasteiger partial charge in [-0.25, -0.2) is 0 Å². The first-order valence-corrected chi connectivity index (χ1v) is 5.62. The van der Waals surface area contributed by atoms with Gasteiger partial charge in [-0.1, -0.05) is 11.6 Å². The molecular formula is C10H14Cl2N2. The summed E-state index contributed by atoms with van der Waals surface area (Å²) in [5, 5.41) is 3.85. The fourth-order valence-electron chi connectivity index (χ4n) is 1.14. The highest BCUT2D eigenvalue weighted by molar-refractivity contribution is 6.32. The van der Waals surface area contributed by atoms with Crippen LogP contribution in [0.5, 0.6) is 0 Å². The first-order chi connectivity index (χ1) is 6.84. The van der Waals surface area contributed by atoms with E-state index in [0.29, 0.717) is 10.9 Å². The predicted molar refractivity (Wildman–Crippen MR) is 60.9 cm³/mol. The van der Waals surface area contributed by atoms with Crippen molar-refractivity contribution < 1.29 is 0 Å². The van der Waals surface area contributed by atoms with Crippen LogP contribution in [0.1, 0.15) is 18.5 Å². The molecule has 0 spiro atoms. The number of hydrogen-bond acceptors (Lipinski definition) is 2. The number of nitrogens with zero attached hydrogens (tertiary/aromatic N) is 1. The van der Waals surface area contributed by atoms with Crippen molar-refractivity contribution in [3.05, 3.63) is 29.0 Å². The fraction of sp³-hybridized carbons (Fsp3) is 0.500. The van der Waals surface area contributed by atoms with Crippen LogP contribution in [0, 0.1) is 0 Å². The Bertz CT molecular complexity index is 254. The molecule has 1 aromatic heterocycles. The zero-order valence-electron chi connectivity index (χ0n) is 7.97. The highest BCUT2D eigenvalue weighted by atomic mass is 35.5. The van der Waals surface area contributed by atoms with Gasteiger partial charge in [-0.05, 0) is 38.1 Å². The molecule has 4 heteroatoms. The average molecular weight is 233 g/mol. The molecule has 1 saturated heterocycles. The summed E-state index contributed by atoms with van der Waals surface area (Å²) in [6.07, 6.45) is 4.45. The van der Waals surface area contributed by atoms with Gasteiger partial charge in [0.1, 0.15) is 0 Å². The molecule has 0 aliphatic carbocycles. The van der Waals surface area contributed by atoms with Crippen LogP contribution in [0.4, 0.5) is 0 Å². The Morgan fingerprint density at radius 2 is 2.07 bits per heavy atom. The molecule has 0 amide bonds. The summed E-state index contributed by atoms with van der Waals surface area (Å²) in [6, 6.07) is 3.55. The maximum Gasteiger partial charge on any atom is 0.0737 e. The first-order valence-electron chi connectivity index (χ1n) is 4.70. The number of pyridine rings is 1. The van der Waals surface area contributed by atoms with Gasteiger partial charge >= 0.3 is 0 Å². The van der Waals surface area contributed by atoms with Crippen LogP contribution in [0.2, 0.25) is 5.02 Å². The van der Waals surface area contributed by atoms with Crippen LogP contribution >= 0.6 is 23.2 Å². The van der Waals surface area contributed by atoms with E-state index in [2.05, 4.69) is 10.3 Å². The molecule has 2 nitrogen and oxygen atoms in total. The van der Waals surface area contributed by atoms with E-state index < -0.39 is 0 Å². The second kappa shape index (κ2) is 7.04. The van der Waals surface area contributed by atoms with E-state index in [1.807, 2.05) is 0 Å². The SMILES string of the molecule is C1CCNC1.ClCc1ncccc1Cl. The molecule has 0 saturated carbocycles. The van der Waals surface area contributed by atoms with Crippen molar-refractivity contribution in [2.24, 2.45) is 0 Å². The van der Waals surface area contributed by atoms with Gasteiger partial charge in [0.2, 0.25) is 0 Å². The smallest absolute Gasteiger partial charge is 0.0737 e. The normalized spacial score (nSPS) is 14.7. The van der Waals surface area contributed by atoms with Gasteiger partial charge in [0.15, 0.2) is 0 Å². The molecule has 0 atom stereocenters. The van der Waals surface area contributed by atoms with Crippen LogP contribution in [0.15, 0.2) is 18.3 Å². The van der Waals surface area contributed by atoms with Crippen LogP contribution in [-0.2, 0) is 5.88 Å². The predicted octanol–water partition coefficient (Wildman–Crippen LogP) is 2.84. The van der Waals surface area contributed by atoms with Crippen molar-refractivity contribution >= 4 is 23.2 Å². The third kappa shape index (κ3) is 4.27. The molecule has 2 heterocycles. The number of hydrogen-bond donors (Lipinski definition) is 1. The van der Waals surface area contributed by atoms with Crippen molar-refractivity contribution in [1.82, 2.24) is 10.3 Å². The highest BCUT2D eigenvalue weighted by Crippen LogP contribution is 2.13. The standard InChI is InChI=1S/C6H5Cl2N.C4H9N/c7-4-6-5(8)2-1-3-9-6;1-2-4-5-3-1/h1-3H,4H2;5H,1-4H2. The molecule has 78 valence electrons. The van der Waals surface area contributed by atoms with Gasteiger partial charge in [-0.2, -0.15) is 0 Å². The number of nitrogens with one attached hydrogen (secondary N) is 1. The fourth-order valence-corrected chi connectivity index (χ4v) is 1.61. The zero-order valence-corrected chi connectivity index (χ0v) is 9.48. The zero-order chi connectivity index (χ0) is 10.2. The molecule has 0 bridgehead atoms. The molecule has 1 aliphatic heterocycles. The topological polar surface area (TPSA) is 24.9 Å². The summed E-state index contributed by atoms with van der Waals surface area (Å²) in [7, 11) is 0. The van der Waals surface area contributed by atoms with Gasteiger partial charge in [0.25, 0.3) is 0 Å². The lowest BCUT2D eigenvalue weighted by Gasteiger charge is -1.93. The molecule has 14 heavy (non-hydrogen) atoms. The molecule has 0 unspecified atom stereocenters. The van der Waals surface area contributed by atoms with E-state index in [1.54, 1.807) is 18.3 Å². The van der Waals surface area contributed by atoms with Crippen molar-refractivity contribution in [1.29, 1.82) is 0 Å². The number of aromatic nitrogens is 1. The van der Waals surface area contributed by atoms with Crippen LogP contribution in [0.3, 0.4) is 0 Å². The van der Waals surface area contributed by atoms with Gasteiger partial charge in [-0.15, -0.1) is 11.6 Å². The molecule has 2 rings (SSSR count). The third-order valence-electron chi connectivity index (χ3n) is 1.92. The Labute approximate surface area is 94.6 Å². The molecule has 0 radical (unpaired) electrons. The van der Waals surface area contributed by atoms with Gasteiger partial charge in [0, 0.05) is 6.20 Å². The Balaban J connectivity index is 0.000000165. The Morgan fingerprint density at radius 3 is 2.43 bits per heavy atom. The summed E-state index contributed by atoms with van der Waals surface area (Å²) >= 11 is 11.2. The second-order valence-corrected chi connectivity index (χ2v) is 3.70. The minimum Gasteiger partial charge on any atom is -0.317 e. The third-order valence-corrected chi connectivity index (χ3v) is 2.52. The Kier molecular flexibility index (Phi) is 5.92. The molecule has 1 aromatic rings. The Hall–Kier alpha value is -0.310. The van der Waals surface area contributed by atoms with Crippen molar-refractivity contribution in [2.45, 2.75) is 18.7 Å². The summed E-state index contributed by atoms with van der Waals surface area (Å²) in [6.45, 7) is 2.50. The molecule has 1 N–H and O–H groups in total. The second-order valence-electron chi connectivity index (χ2n) is 3.02. The summed E-state index contributed by atoms with van der Waals surface area (Å²) in [4.78, 5) is 3.93. The number of rotatable bonds is 1. The monoisotopic (exact) mass is 232 g/mol. The van der Waals surface area contributed by atoms with Gasteiger partial charge in [-0.3, -0.25) is 4.98 Å². The maximum absolute atomic E-state index is 5.68. The number of alkyl halides is 1. The van der Waals surface area contributed by atoms with Gasteiger partial charge < -0.3 is 5.32 Å². The summed E-state index contributed by atoms with van der Waals surface area (Å²) < 4.78 is 0. The van der Waals surface area contributed by atoms with Crippen LogP contribution < -0.4 is 5.32 Å². The van der Waals surface area contributed by atoms with E-state index >= 15 is 0 Å². The molecule has 1 aliphatic rings. The average Bonchev–Trinajstić information content (AvgIpc) is 2.76. The first kappa shape index (κ1) is 11.8. The molecule has 0 aromatic carbocycles. The quantitative estimate of drug-likeness (QED) is 0.754. The highest BCUT2D eigenvalue weighted by Gasteiger charge is 1.95. The lowest BCUT2D eigenvalue weighted by molar-refractivity contribution is 0.857. The van der Waals surface area contributed by atoms with Crippen molar-refractivity contribution in [3.63, 3.8) is 0 Å². The van der Waals surface area contributed by atoms with E-state index in [-0.39, 0.29) is 0 Å². The van der Waals surface area contributed by atoms with Crippen molar-refractivity contribution in [2.75, 3.05) is 13.1 Å². The minimum absolute atomic E-state index is 0.375. The van der Waals surface area contributed by atoms with Crippen molar-refractivity contribution in [3.8, 4) is 0 Å². The van der Waals surface area contributed by atoms with E-state index in [1.165, 1.54) is 25.9 Å². The van der Waals surface area contributed by atoms with E-state index in [9.17, 15) is 0 Å². The van der Waals surface area contributed by atoms with Gasteiger partial charge in [0.05, 0.1) is 16.6 Å². The van der Waals surface area contributed by atoms with Crippen LogP contribution in [0.25, 0.3) is 0 Å². The lowest BCUT2D eigenvalue weighted by Crippen LogP contribution is -2.03. The van der Waals surface area contributed by atoms with Crippen LogP contribution in [-0.4, -0.2) is 18.1 Å². The Morgan fingerprint density at radius 1 is 1.36 bits per heavy atom. The van der Waals surface area contributed by atoms with E-state index in [0.717, 1.165) is 5.69 Å². The minimum atomic E-state index is 0.375. The number of halogens is 2.